The molecular weight excluding hydrogens is 310 g/mol. The number of nitro groups is 1. The molecule has 0 saturated heterocycles. The summed E-state index contributed by atoms with van der Waals surface area (Å²) in [5, 5.41) is 19.8. The Bertz CT molecular complexity index is 704. The zero-order valence-corrected chi connectivity index (χ0v) is 12.6. The van der Waals surface area contributed by atoms with Gasteiger partial charge in [0, 0.05) is 26.8 Å². The number of carbonyl (C=O) groups is 1. The summed E-state index contributed by atoms with van der Waals surface area (Å²) in [5.74, 6) is -1.02. The maximum atomic E-state index is 11.3. The van der Waals surface area contributed by atoms with E-state index in [4.69, 9.17) is 0 Å². The molecule has 0 saturated carbocycles. The lowest BCUT2D eigenvalue weighted by molar-refractivity contribution is -0.384. The zero-order chi connectivity index (χ0) is 15.4. The third kappa shape index (κ3) is 4.17. The fraction of sp³-hybridized carbons (Fsp3) is 0.0714. The summed E-state index contributed by atoms with van der Waals surface area (Å²) in [5.41, 5.74) is -0.0194. The maximum Gasteiger partial charge on any atom is 0.342 e. The number of carboxylic acids is 1. The molecule has 1 aromatic heterocycles. The number of nitrogens with zero attached hydrogens (tertiary/aromatic N) is 1. The summed E-state index contributed by atoms with van der Waals surface area (Å²) < 4.78 is 0. The highest BCUT2D eigenvalue weighted by Crippen LogP contribution is 2.31. The number of hydrogen-bond acceptors (Lipinski definition) is 5. The predicted octanol–water partition coefficient (Wildman–Crippen LogP) is 4.18. The van der Waals surface area contributed by atoms with Crippen LogP contribution in [0, 0.1) is 17.0 Å². The van der Waals surface area contributed by atoms with Gasteiger partial charge in [0.05, 0.1) is 9.83 Å². The number of non-ortho nitro benzene ring substituents is 1. The second kappa shape index (κ2) is 6.55. The number of thioether (sulfide) groups is 1. The lowest BCUT2D eigenvalue weighted by Gasteiger charge is -2.02. The molecule has 0 fully saturated rings. The van der Waals surface area contributed by atoms with Crippen molar-refractivity contribution in [2.24, 2.45) is 0 Å². The molecule has 0 atom stereocenters. The first kappa shape index (κ1) is 15.3. The first-order chi connectivity index (χ1) is 9.95. The van der Waals surface area contributed by atoms with Crippen molar-refractivity contribution in [1.29, 1.82) is 0 Å². The summed E-state index contributed by atoms with van der Waals surface area (Å²) in [4.78, 5) is 24.2. The second-order valence-corrected chi connectivity index (χ2v) is 6.55. The van der Waals surface area contributed by atoms with Crippen LogP contribution in [0.5, 0.6) is 0 Å². The summed E-state index contributed by atoms with van der Waals surface area (Å²) in [7, 11) is 0. The van der Waals surface area contributed by atoms with E-state index >= 15 is 0 Å². The second-order valence-electron chi connectivity index (χ2n) is 4.12. The molecule has 1 N–H and O–H groups in total. The van der Waals surface area contributed by atoms with Crippen LogP contribution in [0.2, 0.25) is 0 Å². The van der Waals surface area contributed by atoms with E-state index in [1.165, 1.54) is 23.5 Å². The van der Waals surface area contributed by atoms with Crippen molar-refractivity contribution in [1.82, 2.24) is 0 Å². The fourth-order valence-corrected chi connectivity index (χ4v) is 3.25. The minimum absolute atomic E-state index is 0.0194. The molecule has 0 bridgehead atoms. The van der Waals surface area contributed by atoms with Gasteiger partial charge in [0.1, 0.15) is 0 Å². The smallest absolute Gasteiger partial charge is 0.342 e. The summed E-state index contributed by atoms with van der Waals surface area (Å²) in [6, 6.07) is 9.58. The Morgan fingerprint density at radius 2 is 1.95 bits per heavy atom. The van der Waals surface area contributed by atoms with Crippen molar-refractivity contribution in [3.05, 3.63) is 61.2 Å². The SMILES string of the molecule is Cc1ccc(/C=C(/Sc2ccc([N+](=O)[O-])cc2)C(=O)O)s1. The molecule has 0 unspecified atom stereocenters. The third-order valence-corrected chi connectivity index (χ3v) is 4.49. The highest BCUT2D eigenvalue weighted by Gasteiger charge is 2.12. The average molecular weight is 321 g/mol. The Hall–Kier alpha value is -2.12. The molecule has 0 spiro atoms. The third-order valence-electron chi connectivity index (χ3n) is 2.52. The van der Waals surface area contributed by atoms with Crippen LogP contribution in [0.3, 0.4) is 0 Å². The number of aliphatic carboxylic acids is 1. The minimum atomic E-state index is -1.02. The van der Waals surface area contributed by atoms with E-state index in [0.29, 0.717) is 4.90 Å². The van der Waals surface area contributed by atoms with Gasteiger partial charge in [-0.3, -0.25) is 10.1 Å². The molecule has 0 radical (unpaired) electrons. The number of benzene rings is 1. The lowest BCUT2D eigenvalue weighted by Crippen LogP contribution is -1.96. The standard InChI is InChI=1S/C14H11NO4S2/c1-9-2-5-12(20-9)8-13(14(16)17)21-11-6-3-10(4-7-11)15(18)19/h2-8H,1H3,(H,16,17)/b13-8+. The Kier molecular flexibility index (Phi) is 4.77. The predicted molar refractivity (Wildman–Crippen MR) is 83.6 cm³/mol. The van der Waals surface area contributed by atoms with Gasteiger partial charge >= 0.3 is 5.97 Å². The van der Waals surface area contributed by atoms with Crippen LogP contribution in [0.25, 0.3) is 6.08 Å². The molecule has 108 valence electrons. The van der Waals surface area contributed by atoms with Gasteiger partial charge in [0.2, 0.25) is 0 Å². The first-order valence-corrected chi connectivity index (χ1v) is 7.53. The Balaban J connectivity index is 2.22. The monoisotopic (exact) mass is 321 g/mol. The van der Waals surface area contributed by atoms with Gasteiger partial charge in [-0.15, -0.1) is 11.3 Å². The maximum absolute atomic E-state index is 11.3. The van der Waals surface area contributed by atoms with E-state index < -0.39 is 10.9 Å². The van der Waals surface area contributed by atoms with Crippen LogP contribution in [-0.4, -0.2) is 16.0 Å². The molecular formula is C14H11NO4S2. The molecule has 7 heteroatoms. The van der Waals surface area contributed by atoms with Crippen LogP contribution < -0.4 is 0 Å². The molecule has 0 aliphatic rings. The van der Waals surface area contributed by atoms with Crippen LogP contribution >= 0.6 is 23.1 Å². The van der Waals surface area contributed by atoms with E-state index in [2.05, 4.69) is 0 Å². The topological polar surface area (TPSA) is 80.4 Å². The van der Waals surface area contributed by atoms with Crippen LogP contribution in [0.15, 0.2) is 46.2 Å². The van der Waals surface area contributed by atoms with Crippen molar-refractivity contribution < 1.29 is 14.8 Å². The fourth-order valence-electron chi connectivity index (χ4n) is 1.56. The van der Waals surface area contributed by atoms with Gasteiger partial charge in [0.15, 0.2) is 0 Å². The summed E-state index contributed by atoms with van der Waals surface area (Å²) >= 11 is 2.57. The number of rotatable bonds is 5. The Labute approximate surface area is 129 Å². The largest absolute Gasteiger partial charge is 0.477 e. The average Bonchev–Trinajstić information content (AvgIpc) is 2.84. The van der Waals surface area contributed by atoms with Gasteiger partial charge in [-0.25, -0.2) is 4.79 Å². The number of thiophene rings is 1. The molecule has 1 heterocycles. The lowest BCUT2D eigenvalue weighted by atomic mass is 10.3. The van der Waals surface area contributed by atoms with Gasteiger partial charge in [-0.05, 0) is 37.3 Å². The van der Waals surface area contributed by atoms with Crippen molar-refractivity contribution in [2.75, 3.05) is 0 Å². The van der Waals surface area contributed by atoms with Gasteiger partial charge in [-0.2, -0.15) is 0 Å². The highest BCUT2D eigenvalue weighted by atomic mass is 32.2. The minimum Gasteiger partial charge on any atom is -0.477 e. The van der Waals surface area contributed by atoms with Gasteiger partial charge in [-0.1, -0.05) is 11.8 Å². The summed E-state index contributed by atoms with van der Waals surface area (Å²) in [6.07, 6.45) is 1.60. The van der Waals surface area contributed by atoms with Crippen molar-refractivity contribution >= 4 is 40.8 Å². The van der Waals surface area contributed by atoms with E-state index in [1.807, 2.05) is 19.1 Å². The summed E-state index contributed by atoms with van der Waals surface area (Å²) in [6.45, 7) is 1.95. The molecule has 2 rings (SSSR count). The molecule has 0 aliphatic heterocycles. The molecule has 0 aliphatic carbocycles. The Morgan fingerprint density at radius 3 is 2.43 bits per heavy atom. The first-order valence-electron chi connectivity index (χ1n) is 5.89. The van der Waals surface area contributed by atoms with Gasteiger partial charge in [0.25, 0.3) is 5.69 Å². The molecule has 5 nitrogen and oxygen atoms in total. The van der Waals surface area contributed by atoms with E-state index in [0.717, 1.165) is 21.5 Å². The normalized spacial score (nSPS) is 11.4. The van der Waals surface area contributed by atoms with Crippen LogP contribution in [-0.2, 0) is 4.79 Å². The molecule has 21 heavy (non-hydrogen) atoms. The van der Waals surface area contributed by atoms with Crippen molar-refractivity contribution in [3.8, 4) is 0 Å². The molecule has 0 amide bonds. The molecule has 1 aromatic carbocycles. The number of carboxylic acid groups (broad SMARTS) is 1. The van der Waals surface area contributed by atoms with Crippen molar-refractivity contribution in [2.45, 2.75) is 11.8 Å². The zero-order valence-electron chi connectivity index (χ0n) is 11.0. The van der Waals surface area contributed by atoms with Crippen LogP contribution in [0.4, 0.5) is 5.69 Å². The number of nitro benzene ring substituents is 1. The van der Waals surface area contributed by atoms with E-state index in [-0.39, 0.29) is 10.6 Å². The highest BCUT2D eigenvalue weighted by molar-refractivity contribution is 8.04. The quantitative estimate of drug-likeness (QED) is 0.387. The van der Waals surface area contributed by atoms with Crippen molar-refractivity contribution in [3.63, 3.8) is 0 Å². The van der Waals surface area contributed by atoms with Gasteiger partial charge < -0.3 is 5.11 Å². The Morgan fingerprint density at radius 1 is 1.29 bits per heavy atom. The van der Waals surface area contributed by atoms with E-state index in [1.54, 1.807) is 18.2 Å². The van der Waals surface area contributed by atoms with Crippen LogP contribution in [0.1, 0.15) is 9.75 Å². The molecule has 2 aromatic rings. The van der Waals surface area contributed by atoms with E-state index in [9.17, 15) is 20.0 Å². The number of aryl methyl sites for hydroxylation is 1. The number of hydrogen-bond donors (Lipinski definition) is 1.